The van der Waals surface area contributed by atoms with Gasteiger partial charge in [-0.25, -0.2) is 0 Å². The normalized spacial score (nSPS) is 10.4. The molecule has 1 aromatic heterocycles. The Morgan fingerprint density at radius 1 is 1.17 bits per heavy atom. The zero-order chi connectivity index (χ0) is 16.8. The highest BCUT2D eigenvalue weighted by Crippen LogP contribution is 2.24. The number of hydrogen-bond donors (Lipinski definition) is 0. The van der Waals surface area contributed by atoms with E-state index in [1.54, 1.807) is 19.5 Å². The van der Waals surface area contributed by atoms with E-state index in [9.17, 15) is 4.79 Å². The second-order valence-corrected chi connectivity index (χ2v) is 5.63. The van der Waals surface area contributed by atoms with E-state index in [4.69, 9.17) is 4.74 Å². The summed E-state index contributed by atoms with van der Waals surface area (Å²) >= 11 is 0. The second kappa shape index (κ2) is 7.77. The van der Waals surface area contributed by atoms with Crippen LogP contribution in [0.4, 0.5) is 0 Å². The molecule has 0 fully saturated rings. The molecule has 0 aliphatic rings. The van der Waals surface area contributed by atoms with Crippen LogP contribution in [0.2, 0.25) is 0 Å². The summed E-state index contributed by atoms with van der Waals surface area (Å²) < 4.78 is 5.40. The molecule has 0 aliphatic heterocycles. The lowest BCUT2D eigenvalue weighted by Crippen LogP contribution is -2.33. The molecule has 0 N–H and O–H groups in total. The Balaban J connectivity index is 2.18. The smallest absolute Gasteiger partial charge is 0.257 e. The van der Waals surface area contributed by atoms with Gasteiger partial charge in [0, 0.05) is 25.5 Å². The van der Waals surface area contributed by atoms with Crippen LogP contribution < -0.4 is 4.74 Å². The van der Waals surface area contributed by atoms with Crippen LogP contribution >= 0.6 is 0 Å². The van der Waals surface area contributed by atoms with E-state index in [-0.39, 0.29) is 5.91 Å². The summed E-state index contributed by atoms with van der Waals surface area (Å²) in [4.78, 5) is 18.7. The fourth-order valence-electron chi connectivity index (χ4n) is 2.51. The Labute approximate surface area is 138 Å². The molecular formula is C19H24N2O2. The molecule has 1 heterocycles. The summed E-state index contributed by atoms with van der Waals surface area (Å²) in [7, 11) is 1.61. The highest BCUT2D eigenvalue weighted by Gasteiger charge is 2.19. The van der Waals surface area contributed by atoms with Crippen LogP contribution in [0.5, 0.6) is 5.75 Å². The van der Waals surface area contributed by atoms with Crippen LogP contribution in [-0.2, 0) is 6.42 Å². The van der Waals surface area contributed by atoms with Crippen LogP contribution in [0.1, 0.15) is 34.0 Å². The van der Waals surface area contributed by atoms with E-state index in [0.29, 0.717) is 24.4 Å². The van der Waals surface area contributed by atoms with Crippen LogP contribution in [-0.4, -0.2) is 36.0 Å². The molecule has 0 radical (unpaired) electrons. The van der Waals surface area contributed by atoms with Gasteiger partial charge in [0.05, 0.1) is 12.7 Å². The quantitative estimate of drug-likeness (QED) is 0.821. The molecule has 122 valence electrons. The fourth-order valence-corrected chi connectivity index (χ4v) is 2.51. The first kappa shape index (κ1) is 17.0. The molecule has 2 rings (SSSR count). The van der Waals surface area contributed by atoms with Crippen molar-refractivity contribution < 1.29 is 9.53 Å². The van der Waals surface area contributed by atoms with E-state index < -0.39 is 0 Å². The molecule has 4 nitrogen and oxygen atoms in total. The standard InChI is InChI=1S/C19H24N2O2/c1-5-21(11-8-16-6-9-20-10-7-16)19(22)17-12-14(2)15(3)13-18(17)23-4/h6-7,9-10,12-13H,5,8,11H2,1-4H3. The maximum atomic E-state index is 12.9. The molecule has 1 amide bonds. The minimum Gasteiger partial charge on any atom is -0.496 e. The van der Waals surface area contributed by atoms with Crippen molar-refractivity contribution in [1.29, 1.82) is 0 Å². The van der Waals surface area contributed by atoms with Crippen molar-refractivity contribution in [3.63, 3.8) is 0 Å². The van der Waals surface area contributed by atoms with Crippen molar-refractivity contribution in [2.45, 2.75) is 27.2 Å². The summed E-state index contributed by atoms with van der Waals surface area (Å²) in [5, 5.41) is 0. The molecule has 0 saturated heterocycles. The number of aromatic nitrogens is 1. The number of pyridine rings is 1. The average molecular weight is 312 g/mol. The predicted molar refractivity (Wildman–Crippen MR) is 92.0 cm³/mol. The summed E-state index contributed by atoms with van der Waals surface area (Å²) in [6.45, 7) is 7.37. The molecule has 2 aromatic rings. The van der Waals surface area contributed by atoms with Crippen molar-refractivity contribution in [3.8, 4) is 5.75 Å². The van der Waals surface area contributed by atoms with Gasteiger partial charge in [0.15, 0.2) is 0 Å². The zero-order valence-electron chi connectivity index (χ0n) is 14.3. The van der Waals surface area contributed by atoms with Crippen molar-refractivity contribution in [3.05, 3.63) is 58.9 Å². The monoisotopic (exact) mass is 312 g/mol. The summed E-state index contributed by atoms with van der Waals surface area (Å²) in [5.74, 6) is 0.655. The number of ether oxygens (including phenoxy) is 1. The van der Waals surface area contributed by atoms with E-state index in [2.05, 4.69) is 4.98 Å². The molecule has 0 saturated carbocycles. The van der Waals surface area contributed by atoms with Gasteiger partial charge in [0.1, 0.15) is 5.75 Å². The number of rotatable bonds is 6. The van der Waals surface area contributed by atoms with Gasteiger partial charge in [-0.3, -0.25) is 9.78 Å². The van der Waals surface area contributed by atoms with Crippen molar-refractivity contribution >= 4 is 5.91 Å². The largest absolute Gasteiger partial charge is 0.496 e. The predicted octanol–water partition coefficient (Wildman–Crippen LogP) is 3.41. The highest BCUT2D eigenvalue weighted by molar-refractivity contribution is 5.97. The first-order chi connectivity index (χ1) is 11.1. The molecule has 0 bridgehead atoms. The van der Waals surface area contributed by atoms with Gasteiger partial charge in [-0.2, -0.15) is 0 Å². The summed E-state index contributed by atoms with van der Waals surface area (Å²) in [5.41, 5.74) is 4.03. The Kier molecular flexibility index (Phi) is 5.74. The van der Waals surface area contributed by atoms with Crippen LogP contribution in [0.25, 0.3) is 0 Å². The van der Waals surface area contributed by atoms with Gasteiger partial charge in [0.25, 0.3) is 5.91 Å². The molecule has 0 atom stereocenters. The number of benzene rings is 1. The molecule has 0 aliphatic carbocycles. The molecule has 23 heavy (non-hydrogen) atoms. The number of likely N-dealkylation sites (N-methyl/N-ethyl adjacent to an activating group) is 1. The Morgan fingerprint density at radius 2 is 1.83 bits per heavy atom. The van der Waals surface area contributed by atoms with Gasteiger partial charge in [-0.05, 0) is 68.1 Å². The number of amides is 1. The average Bonchev–Trinajstić information content (AvgIpc) is 2.58. The van der Waals surface area contributed by atoms with Gasteiger partial charge < -0.3 is 9.64 Å². The number of hydrogen-bond acceptors (Lipinski definition) is 3. The topological polar surface area (TPSA) is 42.4 Å². The lowest BCUT2D eigenvalue weighted by Gasteiger charge is -2.22. The zero-order valence-corrected chi connectivity index (χ0v) is 14.3. The second-order valence-electron chi connectivity index (χ2n) is 5.63. The van der Waals surface area contributed by atoms with Crippen molar-refractivity contribution in [2.24, 2.45) is 0 Å². The lowest BCUT2D eigenvalue weighted by atomic mass is 10.0. The molecule has 4 heteroatoms. The summed E-state index contributed by atoms with van der Waals surface area (Å²) in [6, 6.07) is 7.81. The van der Waals surface area contributed by atoms with Crippen molar-refractivity contribution in [2.75, 3.05) is 20.2 Å². The molecular weight excluding hydrogens is 288 g/mol. The Morgan fingerprint density at radius 3 is 2.43 bits per heavy atom. The van der Waals surface area contributed by atoms with E-state index in [1.807, 2.05) is 49.9 Å². The summed E-state index contributed by atoms with van der Waals surface area (Å²) in [6.07, 6.45) is 4.37. The first-order valence-corrected chi connectivity index (χ1v) is 7.90. The van der Waals surface area contributed by atoms with Gasteiger partial charge in [-0.15, -0.1) is 0 Å². The van der Waals surface area contributed by atoms with Crippen LogP contribution in [0, 0.1) is 13.8 Å². The van der Waals surface area contributed by atoms with Gasteiger partial charge in [-0.1, -0.05) is 0 Å². The molecule has 0 unspecified atom stereocenters. The number of methoxy groups -OCH3 is 1. The van der Waals surface area contributed by atoms with E-state index >= 15 is 0 Å². The number of nitrogens with zero attached hydrogens (tertiary/aromatic N) is 2. The van der Waals surface area contributed by atoms with Gasteiger partial charge >= 0.3 is 0 Å². The number of aryl methyl sites for hydroxylation is 2. The molecule has 1 aromatic carbocycles. The SMILES string of the molecule is CCN(CCc1ccncc1)C(=O)c1cc(C)c(C)cc1OC. The highest BCUT2D eigenvalue weighted by atomic mass is 16.5. The van der Waals surface area contributed by atoms with Crippen molar-refractivity contribution in [1.82, 2.24) is 9.88 Å². The van der Waals surface area contributed by atoms with E-state index in [0.717, 1.165) is 17.5 Å². The minimum atomic E-state index is 0.0153. The third-order valence-electron chi connectivity index (χ3n) is 4.13. The fraction of sp³-hybridized carbons (Fsp3) is 0.368. The third kappa shape index (κ3) is 4.09. The maximum Gasteiger partial charge on any atom is 0.257 e. The number of carbonyl (C=O) groups excluding carboxylic acids is 1. The van der Waals surface area contributed by atoms with Crippen LogP contribution in [0.3, 0.4) is 0 Å². The molecule has 0 spiro atoms. The Hall–Kier alpha value is -2.36. The lowest BCUT2D eigenvalue weighted by molar-refractivity contribution is 0.0762. The third-order valence-corrected chi connectivity index (χ3v) is 4.13. The van der Waals surface area contributed by atoms with E-state index in [1.165, 1.54) is 5.56 Å². The maximum absolute atomic E-state index is 12.9. The van der Waals surface area contributed by atoms with Gasteiger partial charge in [0.2, 0.25) is 0 Å². The Bertz CT molecular complexity index is 669. The van der Waals surface area contributed by atoms with Crippen LogP contribution in [0.15, 0.2) is 36.7 Å². The number of carbonyl (C=O) groups is 1. The first-order valence-electron chi connectivity index (χ1n) is 7.90. The minimum absolute atomic E-state index is 0.0153.